The Bertz CT molecular complexity index is 219. The molecule has 0 spiro atoms. The predicted molar refractivity (Wildman–Crippen MR) is 61.1 cm³/mol. The van der Waals surface area contributed by atoms with E-state index in [2.05, 4.69) is 20.8 Å². The van der Waals surface area contributed by atoms with Crippen molar-refractivity contribution in [1.29, 1.82) is 0 Å². The van der Waals surface area contributed by atoms with Crippen LogP contribution in [0.5, 0.6) is 0 Å². The maximum Gasteiger partial charge on any atom is 0.0188 e. The molecule has 0 saturated heterocycles. The molecule has 0 aromatic rings. The first-order valence-electron chi connectivity index (χ1n) is 6.29. The SMILES string of the molecule is CCCC[C@@]1(N)CC[C@H]2CC1C2(C)C. The number of hydrogen-bond acceptors (Lipinski definition) is 1. The van der Waals surface area contributed by atoms with Crippen LogP contribution in [-0.2, 0) is 0 Å². The first kappa shape index (κ1) is 10.5. The van der Waals surface area contributed by atoms with Gasteiger partial charge in [0.15, 0.2) is 0 Å². The Hall–Kier alpha value is -0.0400. The monoisotopic (exact) mass is 195 g/mol. The highest BCUT2D eigenvalue weighted by Crippen LogP contribution is 2.62. The van der Waals surface area contributed by atoms with Crippen molar-refractivity contribution in [2.24, 2.45) is 23.0 Å². The molecule has 3 atom stereocenters. The molecule has 0 aromatic heterocycles. The molecule has 1 unspecified atom stereocenters. The maximum absolute atomic E-state index is 6.60. The zero-order valence-electron chi connectivity index (χ0n) is 9.97. The molecule has 0 heterocycles. The van der Waals surface area contributed by atoms with Crippen LogP contribution >= 0.6 is 0 Å². The van der Waals surface area contributed by atoms with Gasteiger partial charge in [-0.3, -0.25) is 0 Å². The molecule has 1 heteroatoms. The smallest absolute Gasteiger partial charge is 0.0188 e. The van der Waals surface area contributed by atoms with Crippen molar-refractivity contribution in [2.45, 2.75) is 64.8 Å². The van der Waals surface area contributed by atoms with Crippen LogP contribution < -0.4 is 5.73 Å². The summed E-state index contributed by atoms with van der Waals surface area (Å²) < 4.78 is 0. The highest BCUT2D eigenvalue weighted by atomic mass is 14.8. The van der Waals surface area contributed by atoms with Crippen LogP contribution in [0.25, 0.3) is 0 Å². The minimum atomic E-state index is 0.189. The van der Waals surface area contributed by atoms with Crippen molar-refractivity contribution in [2.75, 3.05) is 0 Å². The van der Waals surface area contributed by atoms with Crippen molar-refractivity contribution in [3.05, 3.63) is 0 Å². The van der Waals surface area contributed by atoms with E-state index in [0.717, 1.165) is 11.8 Å². The summed E-state index contributed by atoms with van der Waals surface area (Å²) in [6, 6.07) is 0. The van der Waals surface area contributed by atoms with Gasteiger partial charge in [-0.15, -0.1) is 0 Å². The molecule has 3 saturated carbocycles. The first-order chi connectivity index (χ1) is 6.50. The van der Waals surface area contributed by atoms with Crippen molar-refractivity contribution in [1.82, 2.24) is 0 Å². The van der Waals surface area contributed by atoms with Crippen LogP contribution in [-0.4, -0.2) is 5.54 Å². The molecule has 2 N–H and O–H groups in total. The van der Waals surface area contributed by atoms with Crippen LogP contribution in [0.2, 0.25) is 0 Å². The molecule has 3 fully saturated rings. The van der Waals surface area contributed by atoms with E-state index in [1.54, 1.807) is 0 Å². The minimum absolute atomic E-state index is 0.189. The van der Waals surface area contributed by atoms with Crippen molar-refractivity contribution in [3.63, 3.8) is 0 Å². The van der Waals surface area contributed by atoms with Gasteiger partial charge in [-0.2, -0.15) is 0 Å². The molecule has 2 bridgehead atoms. The molecule has 0 amide bonds. The Kier molecular flexibility index (Phi) is 2.42. The topological polar surface area (TPSA) is 26.0 Å². The van der Waals surface area contributed by atoms with Crippen molar-refractivity contribution >= 4 is 0 Å². The third-order valence-corrected chi connectivity index (χ3v) is 5.12. The second-order valence-electron chi connectivity index (χ2n) is 6.18. The van der Waals surface area contributed by atoms with Gasteiger partial charge in [0.05, 0.1) is 0 Å². The fourth-order valence-corrected chi connectivity index (χ4v) is 3.90. The number of fused-ring (bicyclic) bond motifs is 2. The van der Waals surface area contributed by atoms with Crippen LogP contribution in [0.15, 0.2) is 0 Å². The summed E-state index contributed by atoms with van der Waals surface area (Å²) in [6.45, 7) is 7.12. The summed E-state index contributed by atoms with van der Waals surface area (Å²) in [6.07, 6.45) is 7.93. The molecule has 0 aliphatic heterocycles. The summed E-state index contributed by atoms with van der Waals surface area (Å²) in [5.41, 5.74) is 7.33. The normalized spacial score (nSPS) is 44.6. The van der Waals surface area contributed by atoms with Gasteiger partial charge < -0.3 is 5.73 Å². The number of hydrogen-bond donors (Lipinski definition) is 1. The van der Waals surface area contributed by atoms with Gasteiger partial charge in [-0.05, 0) is 42.9 Å². The lowest BCUT2D eigenvalue weighted by Crippen LogP contribution is -2.65. The van der Waals surface area contributed by atoms with Crippen LogP contribution in [0.3, 0.4) is 0 Å². The van der Waals surface area contributed by atoms with Crippen molar-refractivity contribution in [3.8, 4) is 0 Å². The standard InChI is InChI=1S/C13H25N/c1-4-5-7-13(14)8-6-10-9-11(13)12(10,2)3/h10-11H,4-9,14H2,1-3H3/t10-,11?,13+/m0/s1. The Morgan fingerprint density at radius 1 is 1.36 bits per heavy atom. The van der Waals surface area contributed by atoms with E-state index in [1.807, 2.05) is 0 Å². The second-order valence-corrected chi connectivity index (χ2v) is 6.18. The molecular formula is C13H25N. The molecule has 0 radical (unpaired) electrons. The molecule has 3 aliphatic rings. The maximum atomic E-state index is 6.60. The highest BCUT2D eigenvalue weighted by molar-refractivity contribution is 5.12. The van der Waals surface area contributed by atoms with E-state index in [4.69, 9.17) is 5.73 Å². The molecule has 14 heavy (non-hydrogen) atoms. The third kappa shape index (κ3) is 1.32. The van der Waals surface area contributed by atoms with E-state index >= 15 is 0 Å². The highest BCUT2D eigenvalue weighted by Gasteiger charge is 2.59. The van der Waals surface area contributed by atoms with Gasteiger partial charge in [0, 0.05) is 5.54 Å². The quantitative estimate of drug-likeness (QED) is 0.734. The van der Waals surface area contributed by atoms with Gasteiger partial charge in [0.1, 0.15) is 0 Å². The largest absolute Gasteiger partial charge is 0.325 e. The summed E-state index contributed by atoms with van der Waals surface area (Å²) >= 11 is 0. The van der Waals surface area contributed by atoms with Crippen LogP contribution in [0.4, 0.5) is 0 Å². The fourth-order valence-electron chi connectivity index (χ4n) is 3.90. The Balaban J connectivity index is 2.05. The molecule has 1 nitrogen and oxygen atoms in total. The summed E-state index contributed by atoms with van der Waals surface area (Å²) in [5.74, 6) is 1.78. The zero-order valence-corrected chi connectivity index (χ0v) is 9.97. The van der Waals surface area contributed by atoms with Gasteiger partial charge in [0.25, 0.3) is 0 Å². The predicted octanol–water partition coefficient (Wildman–Crippen LogP) is 3.33. The number of nitrogens with two attached hydrogens (primary N) is 1. The second kappa shape index (κ2) is 3.23. The number of unbranched alkanes of at least 4 members (excludes halogenated alkanes) is 1. The van der Waals surface area contributed by atoms with Gasteiger partial charge in [-0.1, -0.05) is 33.6 Å². The summed E-state index contributed by atoms with van der Waals surface area (Å²) in [5, 5.41) is 0. The molecule has 3 aliphatic carbocycles. The Morgan fingerprint density at radius 3 is 2.57 bits per heavy atom. The van der Waals surface area contributed by atoms with Gasteiger partial charge >= 0.3 is 0 Å². The molecule has 3 rings (SSSR count). The van der Waals surface area contributed by atoms with Crippen LogP contribution in [0, 0.1) is 17.3 Å². The average molecular weight is 195 g/mol. The van der Waals surface area contributed by atoms with E-state index in [1.165, 1.54) is 38.5 Å². The van der Waals surface area contributed by atoms with E-state index in [0.29, 0.717) is 5.41 Å². The molecule has 82 valence electrons. The van der Waals surface area contributed by atoms with E-state index < -0.39 is 0 Å². The molecule has 0 aromatic carbocycles. The lowest BCUT2D eigenvalue weighted by Gasteiger charge is -2.64. The lowest BCUT2D eigenvalue weighted by atomic mass is 9.43. The first-order valence-corrected chi connectivity index (χ1v) is 6.29. The fraction of sp³-hybridized carbons (Fsp3) is 1.00. The van der Waals surface area contributed by atoms with Crippen molar-refractivity contribution < 1.29 is 0 Å². The van der Waals surface area contributed by atoms with Crippen LogP contribution in [0.1, 0.15) is 59.3 Å². The lowest BCUT2D eigenvalue weighted by molar-refractivity contribution is -0.119. The van der Waals surface area contributed by atoms with E-state index in [9.17, 15) is 0 Å². The number of rotatable bonds is 3. The van der Waals surface area contributed by atoms with E-state index in [-0.39, 0.29) is 5.54 Å². The molecular weight excluding hydrogens is 170 g/mol. The Morgan fingerprint density at radius 2 is 2.07 bits per heavy atom. The summed E-state index contributed by atoms with van der Waals surface area (Å²) in [7, 11) is 0. The minimum Gasteiger partial charge on any atom is -0.325 e. The third-order valence-electron chi connectivity index (χ3n) is 5.12. The average Bonchev–Trinajstić information content (AvgIpc) is 2.14. The van der Waals surface area contributed by atoms with Gasteiger partial charge in [0.2, 0.25) is 0 Å². The summed E-state index contributed by atoms with van der Waals surface area (Å²) in [4.78, 5) is 0. The Labute approximate surface area is 88.4 Å². The van der Waals surface area contributed by atoms with Gasteiger partial charge in [-0.25, -0.2) is 0 Å². The zero-order chi connectivity index (χ0) is 10.4.